The maximum atomic E-state index is 12.2. The molecule has 6 nitrogen and oxygen atoms in total. The number of carbonyl (C=O) groups is 1. The highest BCUT2D eigenvalue weighted by molar-refractivity contribution is 5.95. The third kappa shape index (κ3) is 3.92. The van der Waals surface area contributed by atoms with E-state index < -0.39 is 6.10 Å². The van der Waals surface area contributed by atoms with Crippen LogP contribution in [0.4, 0.5) is 0 Å². The number of aliphatic hydroxyl groups is 1. The molecular formula is C16H22N4O2. The van der Waals surface area contributed by atoms with E-state index in [4.69, 9.17) is 0 Å². The van der Waals surface area contributed by atoms with Gasteiger partial charge in [0.25, 0.3) is 5.91 Å². The molecule has 0 saturated heterocycles. The van der Waals surface area contributed by atoms with Crippen LogP contribution in [0.15, 0.2) is 30.7 Å². The quantitative estimate of drug-likeness (QED) is 0.851. The van der Waals surface area contributed by atoms with Gasteiger partial charge < -0.3 is 10.4 Å². The monoisotopic (exact) mass is 302 g/mol. The van der Waals surface area contributed by atoms with Crippen molar-refractivity contribution in [2.24, 2.45) is 5.92 Å². The molecule has 6 heteroatoms. The van der Waals surface area contributed by atoms with Gasteiger partial charge in [-0.1, -0.05) is 13.8 Å². The summed E-state index contributed by atoms with van der Waals surface area (Å²) < 4.78 is 1.83. The summed E-state index contributed by atoms with van der Waals surface area (Å²) in [5.74, 6) is 0.239. The van der Waals surface area contributed by atoms with Crippen LogP contribution in [0.2, 0.25) is 0 Å². The molecule has 0 spiro atoms. The Morgan fingerprint density at radius 2 is 2.05 bits per heavy atom. The molecule has 1 atom stereocenters. The summed E-state index contributed by atoms with van der Waals surface area (Å²) in [7, 11) is 0. The average Bonchev–Trinajstić information content (AvgIpc) is 2.86. The zero-order chi connectivity index (χ0) is 16.1. The number of hydrogen-bond donors (Lipinski definition) is 2. The van der Waals surface area contributed by atoms with Crippen molar-refractivity contribution in [2.45, 2.75) is 33.4 Å². The van der Waals surface area contributed by atoms with Gasteiger partial charge in [0.2, 0.25) is 0 Å². The molecule has 2 rings (SSSR count). The van der Waals surface area contributed by atoms with Crippen molar-refractivity contribution in [1.29, 1.82) is 0 Å². The smallest absolute Gasteiger partial charge is 0.254 e. The minimum atomic E-state index is -0.752. The molecule has 0 bridgehead atoms. The van der Waals surface area contributed by atoms with Gasteiger partial charge in [0.1, 0.15) is 0 Å². The summed E-state index contributed by atoms with van der Waals surface area (Å²) in [6.07, 6.45) is 4.05. The van der Waals surface area contributed by atoms with E-state index in [0.717, 1.165) is 17.8 Å². The van der Waals surface area contributed by atoms with Crippen LogP contribution in [0, 0.1) is 12.8 Å². The fraction of sp³-hybridized carbons (Fsp3) is 0.438. The number of pyridine rings is 1. The molecule has 1 unspecified atom stereocenters. The second-order valence-corrected chi connectivity index (χ2v) is 5.73. The van der Waals surface area contributed by atoms with E-state index in [1.807, 2.05) is 11.6 Å². The Morgan fingerprint density at radius 1 is 1.36 bits per heavy atom. The predicted molar refractivity (Wildman–Crippen MR) is 83.3 cm³/mol. The molecule has 2 aromatic rings. The number of hydrogen-bond acceptors (Lipinski definition) is 4. The zero-order valence-corrected chi connectivity index (χ0v) is 13.2. The zero-order valence-electron chi connectivity index (χ0n) is 13.2. The molecule has 1 amide bonds. The molecular weight excluding hydrogens is 280 g/mol. The molecule has 2 heterocycles. The minimum absolute atomic E-state index is 0.150. The van der Waals surface area contributed by atoms with Crippen molar-refractivity contribution in [3.05, 3.63) is 47.5 Å². The third-order valence-corrected chi connectivity index (χ3v) is 3.43. The molecule has 0 fully saturated rings. The Balaban J connectivity index is 1.97. The summed E-state index contributed by atoms with van der Waals surface area (Å²) in [6, 6.07) is 3.45. The van der Waals surface area contributed by atoms with E-state index in [9.17, 15) is 9.90 Å². The lowest BCUT2D eigenvalue weighted by atomic mass is 10.1. The average molecular weight is 302 g/mol. The Labute approximate surface area is 130 Å². The third-order valence-electron chi connectivity index (χ3n) is 3.43. The van der Waals surface area contributed by atoms with E-state index in [-0.39, 0.29) is 12.5 Å². The molecule has 22 heavy (non-hydrogen) atoms. The normalized spacial score (nSPS) is 12.4. The molecule has 0 aliphatic carbocycles. The second-order valence-electron chi connectivity index (χ2n) is 5.73. The molecule has 0 aromatic carbocycles. The second kappa shape index (κ2) is 7.17. The number of nitrogens with one attached hydrogen (secondary N) is 1. The molecule has 118 valence electrons. The molecule has 0 saturated carbocycles. The highest BCUT2D eigenvalue weighted by atomic mass is 16.3. The lowest BCUT2D eigenvalue weighted by molar-refractivity contribution is 0.0915. The number of amides is 1. The van der Waals surface area contributed by atoms with Crippen LogP contribution < -0.4 is 5.32 Å². The van der Waals surface area contributed by atoms with Crippen LogP contribution in [0.3, 0.4) is 0 Å². The lowest BCUT2D eigenvalue weighted by Crippen LogP contribution is -2.28. The van der Waals surface area contributed by atoms with Crippen LogP contribution in [-0.4, -0.2) is 32.3 Å². The van der Waals surface area contributed by atoms with Crippen LogP contribution in [0.5, 0.6) is 0 Å². The van der Waals surface area contributed by atoms with Gasteiger partial charge in [-0.25, -0.2) is 0 Å². The molecule has 0 aliphatic rings. The van der Waals surface area contributed by atoms with Gasteiger partial charge in [0.15, 0.2) is 0 Å². The predicted octanol–water partition coefficient (Wildman–Crippen LogP) is 1.71. The van der Waals surface area contributed by atoms with E-state index in [1.54, 1.807) is 30.7 Å². The Morgan fingerprint density at radius 3 is 2.68 bits per heavy atom. The minimum Gasteiger partial charge on any atom is -0.387 e. The number of nitrogens with zero attached hydrogens (tertiary/aromatic N) is 3. The Kier molecular flexibility index (Phi) is 5.27. The van der Waals surface area contributed by atoms with E-state index in [1.165, 1.54) is 0 Å². The lowest BCUT2D eigenvalue weighted by Gasteiger charge is -2.12. The van der Waals surface area contributed by atoms with Gasteiger partial charge in [-0.2, -0.15) is 5.10 Å². The van der Waals surface area contributed by atoms with Crippen molar-refractivity contribution < 1.29 is 9.90 Å². The van der Waals surface area contributed by atoms with Crippen molar-refractivity contribution >= 4 is 5.91 Å². The SMILES string of the molecule is Cc1c(C(=O)NCC(O)c2ccncc2)cnn1CC(C)C. The van der Waals surface area contributed by atoms with Crippen molar-refractivity contribution in [3.8, 4) is 0 Å². The standard InChI is InChI=1S/C16H22N4O2/c1-11(2)10-20-12(3)14(8-19-20)16(22)18-9-15(21)13-4-6-17-7-5-13/h4-8,11,15,21H,9-10H2,1-3H3,(H,18,22). The first-order valence-corrected chi connectivity index (χ1v) is 7.37. The summed E-state index contributed by atoms with van der Waals surface area (Å²) >= 11 is 0. The summed E-state index contributed by atoms with van der Waals surface area (Å²) in [6.45, 7) is 7.01. The number of aliphatic hydroxyl groups excluding tert-OH is 1. The van der Waals surface area contributed by atoms with Crippen LogP contribution in [0.25, 0.3) is 0 Å². The number of rotatable bonds is 6. The van der Waals surface area contributed by atoms with Crippen LogP contribution in [-0.2, 0) is 6.54 Å². The van der Waals surface area contributed by atoms with Crippen LogP contribution >= 0.6 is 0 Å². The van der Waals surface area contributed by atoms with Crippen molar-refractivity contribution in [3.63, 3.8) is 0 Å². The van der Waals surface area contributed by atoms with Crippen molar-refractivity contribution in [2.75, 3.05) is 6.54 Å². The highest BCUT2D eigenvalue weighted by Gasteiger charge is 2.16. The van der Waals surface area contributed by atoms with Gasteiger partial charge >= 0.3 is 0 Å². The first-order valence-electron chi connectivity index (χ1n) is 7.37. The van der Waals surface area contributed by atoms with E-state index in [2.05, 4.69) is 29.2 Å². The largest absolute Gasteiger partial charge is 0.387 e. The van der Waals surface area contributed by atoms with Gasteiger partial charge in [0.05, 0.1) is 17.9 Å². The van der Waals surface area contributed by atoms with Crippen LogP contribution in [0.1, 0.15) is 41.6 Å². The van der Waals surface area contributed by atoms with Crippen molar-refractivity contribution in [1.82, 2.24) is 20.1 Å². The summed E-state index contributed by atoms with van der Waals surface area (Å²) in [5, 5.41) is 17.0. The maximum absolute atomic E-state index is 12.2. The maximum Gasteiger partial charge on any atom is 0.254 e. The number of carbonyl (C=O) groups excluding carboxylic acids is 1. The topological polar surface area (TPSA) is 80.0 Å². The summed E-state index contributed by atoms with van der Waals surface area (Å²) in [5.41, 5.74) is 2.11. The fourth-order valence-corrected chi connectivity index (χ4v) is 2.19. The molecule has 2 aromatic heterocycles. The summed E-state index contributed by atoms with van der Waals surface area (Å²) in [4.78, 5) is 16.1. The van der Waals surface area contributed by atoms with E-state index >= 15 is 0 Å². The number of aromatic nitrogens is 3. The first kappa shape index (κ1) is 16.2. The first-order chi connectivity index (χ1) is 10.5. The molecule has 0 aliphatic heterocycles. The van der Waals surface area contributed by atoms with Gasteiger partial charge in [-0.05, 0) is 30.5 Å². The fourth-order valence-electron chi connectivity index (χ4n) is 2.19. The molecule has 2 N–H and O–H groups in total. The highest BCUT2D eigenvalue weighted by Crippen LogP contribution is 2.12. The van der Waals surface area contributed by atoms with E-state index in [0.29, 0.717) is 11.5 Å². The molecule has 0 radical (unpaired) electrons. The van der Waals surface area contributed by atoms with Gasteiger partial charge in [-0.3, -0.25) is 14.5 Å². The Hall–Kier alpha value is -2.21. The van der Waals surface area contributed by atoms with Gasteiger partial charge in [0, 0.05) is 31.2 Å². The van der Waals surface area contributed by atoms with Gasteiger partial charge in [-0.15, -0.1) is 0 Å². The Bertz CT molecular complexity index is 622.